The topological polar surface area (TPSA) is 46.2 Å². The molecule has 1 rings (SSSR count). The van der Waals surface area contributed by atoms with Crippen molar-refractivity contribution in [1.82, 2.24) is 0 Å². The summed E-state index contributed by atoms with van der Waals surface area (Å²) in [4.78, 5) is 0. The van der Waals surface area contributed by atoms with Gasteiger partial charge in [0.15, 0.2) is 5.79 Å². The summed E-state index contributed by atoms with van der Waals surface area (Å²) in [5.74, 6) is -0.752. The molecule has 144 valence electrons. The Labute approximate surface area is 149 Å². The molecule has 1 aliphatic rings. The van der Waals surface area contributed by atoms with Crippen molar-refractivity contribution in [2.24, 2.45) is 0 Å². The second-order valence-electron chi connectivity index (χ2n) is 7.54. The van der Waals surface area contributed by atoms with Crippen molar-refractivity contribution in [3.63, 3.8) is 0 Å². The normalized spacial score (nSPS) is 19.2. The fourth-order valence-corrected chi connectivity index (χ4v) is 6.76. The van der Waals surface area contributed by atoms with E-state index in [-0.39, 0.29) is 12.2 Å². The van der Waals surface area contributed by atoms with E-state index in [1.165, 1.54) is 0 Å². The van der Waals surface area contributed by atoms with Crippen LogP contribution in [0.2, 0.25) is 6.04 Å². The molecule has 24 heavy (non-hydrogen) atoms. The minimum absolute atomic E-state index is 0.0449. The third-order valence-electron chi connectivity index (χ3n) is 4.14. The van der Waals surface area contributed by atoms with Crippen molar-refractivity contribution < 1.29 is 22.8 Å². The lowest BCUT2D eigenvalue weighted by molar-refractivity contribution is -0.335. The SMILES string of the molecule is CCC[Si](OC(C)C)(OC(C)C)OC(C)(C)C1(CC)OCCCO1. The first kappa shape index (κ1) is 22.1. The Morgan fingerprint density at radius 2 is 1.50 bits per heavy atom. The van der Waals surface area contributed by atoms with Crippen molar-refractivity contribution in [3.05, 3.63) is 0 Å². The predicted molar refractivity (Wildman–Crippen MR) is 98.0 cm³/mol. The van der Waals surface area contributed by atoms with Gasteiger partial charge in [0.2, 0.25) is 0 Å². The van der Waals surface area contributed by atoms with Crippen LogP contribution in [0.1, 0.15) is 74.7 Å². The van der Waals surface area contributed by atoms with Gasteiger partial charge in [0.25, 0.3) is 0 Å². The molecule has 0 atom stereocenters. The Morgan fingerprint density at radius 1 is 1.00 bits per heavy atom. The van der Waals surface area contributed by atoms with Crippen LogP contribution >= 0.6 is 0 Å². The molecule has 5 nitrogen and oxygen atoms in total. The molecule has 0 unspecified atom stereocenters. The Kier molecular flexibility index (Phi) is 8.36. The molecule has 1 fully saturated rings. The lowest BCUT2D eigenvalue weighted by Crippen LogP contribution is -2.64. The van der Waals surface area contributed by atoms with E-state index in [0.29, 0.717) is 13.2 Å². The first-order valence-corrected chi connectivity index (χ1v) is 11.4. The highest BCUT2D eigenvalue weighted by Gasteiger charge is 2.56. The standard InChI is InChI=1S/C18H38O5Si/c1-9-14-24(21-15(3)4,22-16(5)6)23-17(7,8)18(10-2)19-12-11-13-20-18/h15-16H,9-14H2,1-8H3. The summed E-state index contributed by atoms with van der Waals surface area (Å²) in [5.41, 5.74) is -0.659. The van der Waals surface area contributed by atoms with Crippen molar-refractivity contribution in [3.8, 4) is 0 Å². The highest BCUT2D eigenvalue weighted by Crippen LogP contribution is 2.40. The molecule has 0 amide bonds. The third-order valence-corrected chi connectivity index (χ3v) is 7.73. The quantitative estimate of drug-likeness (QED) is 0.535. The van der Waals surface area contributed by atoms with Crippen LogP contribution in [0.3, 0.4) is 0 Å². The van der Waals surface area contributed by atoms with E-state index in [1.54, 1.807) is 0 Å². The van der Waals surface area contributed by atoms with Crippen molar-refractivity contribution in [2.75, 3.05) is 13.2 Å². The lowest BCUT2D eigenvalue weighted by Gasteiger charge is -2.50. The van der Waals surface area contributed by atoms with Crippen LogP contribution < -0.4 is 0 Å². The molecule has 0 N–H and O–H groups in total. The van der Waals surface area contributed by atoms with Crippen LogP contribution in [-0.2, 0) is 22.8 Å². The number of hydrogen-bond acceptors (Lipinski definition) is 5. The van der Waals surface area contributed by atoms with E-state index in [9.17, 15) is 0 Å². The molecule has 0 bridgehead atoms. The summed E-state index contributed by atoms with van der Waals surface area (Å²) in [6.07, 6.45) is 2.68. The molecule has 0 aromatic carbocycles. The summed E-state index contributed by atoms with van der Waals surface area (Å²) in [6, 6.07) is 0.784. The second kappa shape index (κ2) is 9.10. The van der Waals surface area contributed by atoms with E-state index < -0.39 is 20.2 Å². The van der Waals surface area contributed by atoms with Crippen LogP contribution in [0, 0.1) is 0 Å². The number of ether oxygens (including phenoxy) is 2. The van der Waals surface area contributed by atoms with Gasteiger partial charge in [-0.1, -0.05) is 20.3 Å². The predicted octanol–water partition coefficient (Wildman–Crippen LogP) is 4.52. The van der Waals surface area contributed by atoms with E-state index >= 15 is 0 Å². The minimum atomic E-state index is -2.86. The number of hydrogen-bond donors (Lipinski definition) is 0. The third kappa shape index (κ3) is 5.51. The minimum Gasteiger partial charge on any atom is -0.371 e. The molecule has 1 saturated heterocycles. The van der Waals surface area contributed by atoms with Crippen molar-refractivity contribution in [1.29, 1.82) is 0 Å². The molecule has 6 heteroatoms. The molecule has 0 spiro atoms. The first-order chi connectivity index (χ1) is 11.1. The second-order valence-corrected chi connectivity index (χ2v) is 10.1. The van der Waals surface area contributed by atoms with Gasteiger partial charge in [-0.2, -0.15) is 0 Å². The van der Waals surface area contributed by atoms with Crippen molar-refractivity contribution in [2.45, 2.75) is 104 Å². The summed E-state index contributed by atoms with van der Waals surface area (Å²) in [6.45, 7) is 17.8. The molecule has 0 aromatic rings. The van der Waals surface area contributed by atoms with Gasteiger partial charge in [-0.05, 0) is 48.0 Å². The average Bonchev–Trinajstić information content (AvgIpc) is 2.45. The van der Waals surface area contributed by atoms with Gasteiger partial charge in [-0.3, -0.25) is 0 Å². The Morgan fingerprint density at radius 3 is 1.88 bits per heavy atom. The molecular weight excluding hydrogens is 324 g/mol. The van der Waals surface area contributed by atoms with Gasteiger partial charge in [-0.25, -0.2) is 0 Å². The maximum absolute atomic E-state index is 6.67. The van der Waals surface area contributed by atoms with Crippen LogP contribution in [0.5, 0.6) is 0 Å². The van der Waals surface area contributed by atoms with Crippen molar-refractivity contribution >= 4 is 8.80 Å². The van der Waals surface area contributed by atoms with E-state index in [4.69, 9.17) is 22.8 Å². The van der Waals surface area contributed by atoms with Gasteiger partial charge < -0.3 is 22.8 Å². The maximum Gasteiger partial charge on any atom is 0.502 e. The van der Waals surface area contributed by atoms with E-state index in [1.807, 2.05) is 41.5 Å². The smallest absolute Gasteiger partial charge is 0.371 e. The zero-order valence-electron chi connectivity index (χ0n) is 16.9. The van der Waals surface area contributed by atoms with Gasteiger partial charge in [0.05, 0.1) is 13.2 Å². The van der Waals surface area contributed by atoms with Gasteiger partial charge in [-0.15, -0.1) is 0 Å². The zero-order chi connectivity index (χ0) is 18.4. The molecule has 0 radical (unpaired) electrons. The van der Waals surface area contributed by atoms with E-state index in [0.717, 1.165) is 25.3 Å². The van der Waals surface area contributed by atoms with Gasteiger partial charge in [0, 0.05) is 24.7 Å². The average molecular weight is 363 g/mol. The summed E-state index contributed by atoms with van der Waals surface area (Å²) >= 11 is 0. The molecule has 1 aliphatic heterocycles. The van der Waals surface area contributed by atoms with Gasteiger partial charge >= 0.3 is 8.80 Å². The molecule has 0 aliphatic carbocycles. The highest BCUT2D eigenvalue weighted by molar-refractivity contribution is 6.61. The fraction of sp³-hybridized carbons (Fsp3) is 1.00. The Hall–Kier alpha value is 0.0169. The lowest BCUT2D eigenvalue weighted by atomic mass is 9.94. The van der Waals surface area contributed by atoms with Crippen LogP contribution in [0.15, 0.2) is 0 Å². The Bertz CT molecular complexity index is 354. The summed E-state index contributed by atoms with van der Waals surface area (Å²) < 4.78 is 31.4. The first-order valence-electron chi connectivity index (χ1n) is 9.45. The molecule has 0 aromatic heterocycles. The maximum atomic E-state index is 6.67. The van der Waals surface area contributed by atoms with E-state index in [2.05, 4.69) is 13.8 Å². The highest BCUT2D eigenvalue weighted by atomic mass is 28.4. The monoisotopic (exact) mass is 362 g/mol. The molecule has 0 saturated carbocycles. The summed E-state index contributed by atoms with van der Waals surface area (Å²) in [5, 5.41) is 0. The van der Waals surface area contributed by atoms with Gasteiger partial charge in [0.1, 0.15) is 5.60 Å². The molecular formula is C18H38O5Si. The largest absolute Gasteiger partial charge is 0.502 e. The fourth-order valence-electron chi connectivity index (χ4n) is 3.29. The number of rotatable bonds is 10. The summed E-state index contributed by atoms with van der Waals surface area (Å²) in [7, 11) is -2.86. The Balaban J connectivity index is 3.12. The zero-order valence-corrected chi connectivity index (χ0v) is 17.9. The van der Waals surface area contributed by atoms with Crippen LogP contribution in [0.25, 0.3) is 0 Å². The van der Waals surface area contributed by atoms with Crippen LogP contribution in [0.4, 0.5) is 0 Å². The molecule has 1 heterocycles. The van der Waals surface area contributed by atoms with Crippen LogP contribution in [-0.4, -0.2) is 45.6 Å².